The van der Waals surface area contributed by atoms with Crippen molar-refractivity contribution in [3.63, 3.8) is 0 Å². The summed E-state index contributed by atoms with van der Waals surface area (Å²) >= 11 is 0. The van der Waals surface area contributed by atoms with Gasteiger partial charge < -0.3 is 19.5 Å². The largest absolute Gasteiger partial charge is 0.573 e. The molecule has 0 bridgehead atoms. The van der Waals surface area contributed by atoms with Crippen molar-refractivity contribution in [2.24, 2.45) is 0 Å². The number of benzene rings is 3. The fraction of sp³-hybridized carbons (Fsp3) is 0.280. The molecule has 0 amide bonds. The summed E-state index contributed by atoms with van der Waals surface area (Å²) in [5, 5.41) is 9.64. The van der Waals surface area contributed by atoms with Crippen LogP contribution in [0.5, 0.6) is 17.2 Å². The highest BCUT2D eigenvalue weighted by Gasteiger charge is 2.58. The van der Waals surface area contributed by atoms with Gasteiger partial charge >= 0.3 is 24.6 Å². The number of anilines is 1. The monoisotopic (exact) mass is 589 g/mol. The van der Waals surface area contributed by atoms with Crippen molar-refractivity contribution in [3.05, 3.63) is 83.9 Å². The van der Waals surface area contributed by atoms with E-state index in [-0.39, 0.29) is 22.7 Å². The zero-order valence-corrected chi connectivity index (χ0v) is 19.8. The Morgan fingerprint density at radius 1 is 0.700 bits per heavy atom. The van der Waals surface area contributed by atoms with E-state index in [2.05, 4.69) is 4.74 Å². The van der Waals surface area contributed by atoms with E-state index >= 15 is 0 Å². The molecule has 40 heavy (non-hydrogen) atoms. The highest BCUT2D eigenvalue weighted by Crippen LogP contribution is 2.44. The molecule has 0 fully saturated rings. The second-order valence-electron chi connectivity index (χ2n) is 8.33. The quantitative estimate of drug-likeness (QED) is 0.257. The number of aliphatic hydroxyl groups excluding tert-OH is 1. The predicted octanol–water partition coefficient (Wildman–Crippen LogP) is 7.96. The van der Waals surface area contributed by atoms with E-state index in [1.165, 1.54) is 30.3 Å². The zero-order chi connectivity index (χ0) is 29.9. The number of rotatable bonds is 9. The molecule has 218 valence electrons. The second kappa shape index (κ2) is 11.4. The molecular weight excluding hydrogens is 571 g/mol. The van der Waals surface area contributed by atoms with Crippen LogP contribution >= 0.6 is 0 Å². The third kappa shape index (κ3) is 8.13. The molecule has 3 aromatic rings. The molecule has 1 atom stereocenters. The summed E-state index contributed by atoms with van der Waals surface area (Å²) in [5.74, 6) is -6.10. The van der Waals surface area contributed by atoms with E-state index in [1.807, 2.05) is 0 Å². The van der Waals surface area contributed by atoms with Gasteiger partial charge in [0.25, 0.3) is 0 Å². The van der Waals surface area contributed by atoms with Gasteiger partial charge in [0.1, 0.15) is 17.2 Å². The third-order valence-electron chi connectivity index (χ3n) is 5.25. The minimum Gasteiger partial charge on any atom is -0.457 e. The lowest BCUT2D eigenvalue weighted by Crippen LogP contribution is -2.41. The van der Waals surface area contributed by atoms with Crippen LogP contribution in [-0.4, -0.2) is 36.5 Å². The molecule has 1 unspecified atom stereocenters. The van der Waals surface area contributed by atoms with Gasteiger partial charge in [-0.25, -0.2) is 0 Å². The number of hydrogen-bond acceptors (Lipinski definition) is 4. The molecule has 0 saturated carbocycles. The molecule has 3 aromatic carbocycles. The van der Waals surface area contributed by atoms with Crippen molar-refractivity contribution in [1.82, 2.24) is 0 Å². The van der Waals surface area contributed by atoms with E-state index in [9.17, 15) is 53.4 Å². The Kier molecular flexibility index (Phi) is 8.77. The Morgan fingerprint density at radius 3 is 1.88 bits per heavy atom. The molecule has 1 N–H and O–H groups in total. The van der Waals surface area contributed by atoms with Gasteiger partial charge in [0.2, 0.25) is 0 Å². The van der Waals surface area contributed by atoms with Crippen LogP contribution in [0.2, 0.25) is 0 Å². The maximum absolute atomic E-state index is 13.8. The van der Waals surface area contributed by atoms with E-state index in [0.29, 0.717) is 12.1 Å². The van der Waals surface area contributed by atoms with Gasteiger partial charge in [-0.15, -0.1) is 13.2 Å². The van der Waals surface area contributed by atoms with Gasteiger partial charge in [-0.3, -0.25) is 0 Å². The minimum absolute atomic E-state index is 0.0866. The highest BCUT2D eigenvalue weighted by atomic mass is 19.4. The summed E-state index contributed by atoms with van der Waals surface area (Å²) in [7, 11) is 0. The van der Waals surface area contributed by atoms with E-state index in [0.717, 1.165) is 35.2 Å². The first-order chi connectivity index (χ1) is 18.3. The van der Waals surface area contributed by atoms with Crippen molar-refractivity contribution < 1.29 is 62.9 Å². The molecule has 0 aliphatic heterocycles. The van der Waals surface area contributed by atoms with Gasteiger partial charge in [-0.1, -0.05) is 30.3 Å². The molecule has 0 spiro atoms. The van der Waals surface area contributed by atoms with E-state index < -0.39 is 55.1 Å². The first-order valence-electron chi connectivity index (χ1n) is 11.0. The van der Waals surface area contributed by atoms with Crippen molar-refractivity contribution >= 4 is 5.69 Å². The number of alkyl halides is 11. The lowest BCUT2D eigenvalue weighted by atomic mass is 10.0. The molecule has 0 saturated heterocycles. The number of aliphatic hydroxyl groups is 1. The van der Waals surface area contributed by atoms with Crippen molar-refractivity contribution in [1.29, 1.82) is 0 Å². The molecular formula is C25H18F11NO3. The number of ether oxygens (including phenoxy) is 2. The summed E-state index contributed by atoms with van der Waals surface area (Å²) in [4.78, 5) is 0.860. The first-order valence-corrected chi connectivity index (χ1v) is 11.0. The van der Waals surface area contributed by atoms with Crippen LogP contribution < -0.4 is 14.4 Å². The summed E-state index contributed by atoms with van der Waals surface area (Å²) in [6.07, 6.45) is -18.9. The van der Waals surface area contributed by atoms with Gasteiger partial charge in [-0.05, 0) is 35.9 Å². The van der Waals surface area contributed by atoms with Crippen LogP contribution in [0.1, 0.15) is 11.1 Å². The van der Waals surface area contributed by atoms with Gasteiger partial charge in [0, 0.05) is 29.9 Å². The Hall–Kier alpha value is -3.75. The predicted molar refractivity (Wildman–Crippen MR) is 119 cm³/mol. The molecule has 15 heteroatoms. The average Bonchev–Trinajstić information content (AvgIpc) is 2.82. The van der Waals surface area contributed by atoms with Crippen LogP contribution in [0, 0.1) is 0 Å². The van der Waals surface area contributed by atoms with Crippen molar-refractivity contribution in [2.45, 2.75) is 37.3 Å². The van der Waals surface area contributed by atoms with E-state index in [1.54, 1.807) is 0 Å². The smallest absolute Gasteiger partial charge is 0.457 e. The van der Waals surface area contributed by atoms with Crippen molar-refractivity contribution in [3.8, 4) is 17.2 Å². The summed E-state index contributed by atoms with van der Waals surface area (Å²) in [5.41, 5.74) is -1.76. The van der Waals surface area contributed by atoms with Crippen LogP contribution in [0.4, 0.5) is 54.0 Å². The molecule has 0 aliphatic carbocycles. The molecule has 3 rings (SSSR count). The van der Waals surface area contributed by atoms with Gasteiger partial charge in [0.15, 0.2) is 6.10 Å². The maximum atomic E-state index is 13.8. The Bertz CT molecular complexity index is 1290. The fourth-order valence-electron chi connectivity index (χ4n) is 3.44. The van der Waals surface area contributed by atoms with Gasteiger partial charge in [0.05, 0.1) is 6.54 Å². The van der Waals surface area contributed by atoms with Crippen LogP contribution in [0.3, 0.4) is 0 Å². The van der Waals surface area contributed by atoms with E-state index in [4.69, 9.17) is 4.74 Å². The lowest BCUT2D eigenvalue weighted by Gasteiger charge is -2.29. The SMILES string of the molecule is OC(CN(Cc1cccc(C(F)(F)C(F)(F)F)c1)c1cccc(Oc2cccc(OC(F)(F)F)c2)c1)C(F)(F)F. The molecule has 0 radical (unpaired) electrons. The average molecular weight is 589 g/mol. The van der Waals surface area contributed by atoms with Crippen LogP contribution in [0.15, 0.2) is 72.8 Å². The Labute approximate surface area is 219 Å². The number of nitrogens with zero attached hydrogens (tertiary/aromatic N) is 1. The topological polar surface area (TPSA) is 41.9 Å². The van der Waals surface area contributed by atoms with Crippen molar-refractivity contribution in [2.75, 3.05) is 11.4 Å². The standard InChI is InChI=1S/C25H18F11NO3/c26-22(27,24(31,32)33)16-5-1-4-15(10-16)13-37(14-21(38)23(28,29)30)17-6-2-7-18(11-17)39-19-8-3-9-20(12-19)40-25(34,35)36/h1-12,21,38H,13-14H2. The maximum Gasteiger partial charge on any atom is 0.573 e. The lowest BCUT2D eigenvalue weighted by molar-refractivity contribution is -0.289. The Morgan fingerprint density at radius 2 is 1.27 bits per heavy atom. The zero-order valence-electron chi connectivity index (χ0n) is 19.8. The van der Waals surface area contributed by atoms with Gasteiger partial charge in [-0.2, -0.15) is 35.1 Å². The first kappa shape index (κ1) is 30.8. The number of halogens is 11. The molecule has 0 heterocycles. The Balaban J connectivity index is 1.92. The fourth-order valence-corrected chi connectivity index (χ4v) is 3.44. The molecule has 0 aromatic heterocycles. The minimum atomic E-state index is -5.92. The summed E-state index contributed by atoms with van der Waals surface area (Å²) in [6, 6.07) is 12.2. The van der Waals surface area contributed by atoms with Crippen LogP contribution in [0.25, 0.3) is 0 Å². The third-order valence-corrected chi connectivity index (χ3v) is 5.25. The molecule has 4 nitrogen and oxygen atoms in total. The summed E-state index contributed by atoms with van der Waals surface area (Å²) in [6.45, 7) is -1.80. The highest BCUT2D eigenvalue weighted by molar-refractivity contribution is 5.52. The normalized spacial score (nSPS) is 13.6. The molecule has 0 aliphatic rings. The number of hydrogen-bond donors (Lipinski definition) is 1. The summed E-state index contributed by atoms with van der Waals surface area (Å²) < 4.78 is 152. The second-order valence-corrected chi connectivity index (χ2v) is 8.33. The van der Waals surface area contributed by atoms with Crippen LogP contribution in [-0.2, 0) is 12.5 Å².